The van der Waals surface area contributed by atoms with Crippen molar-refractivity contribution < 1.29 is 23.7 Å². The van der Waals surface area contributed by atoms with Gasteiger partial charge in [-0.3, -0.25) is 0 Å². The van der Waals surface area contributed by atoms with Crippen molar-refractivity contribution in [2.45, 2.75) is 20.0 Å². The molecule has 1 N–H and O–H groups in total. The smallest absolute Gasteiger partial charge is 0.203 e. The Bertz CT molecular complexity index is 1130. The molecule has 0 saturated carbocycles. The van der Waals surface area contributed by atoms with Gasteiger partial charge < -0.3 is 33.9 Å². The molecule has 0 heterocycles. The molecule has 0 aromatic heterocycles. The van der Waals surface area contributed by atoms with Crippen LogP contribution in [0.2, 0.25) is 0 Å². The molecule has 3 aromatic rings. The van der Waals surface area contributed by atoms with Gasteiger partial charge >= 0.3 is 0 Å². The van der Waals surface area contributed by atoms with Crippen molar-refractivity contribution >= 4 is 23.0 Å². The number of nitrogens with one attached hydrogen (secondary N) is 1. The lowest BCUT2D eigenvalue weighted by Crippen LogP contribution is -2.34. The van der Waals surface area contributed by atoms with E-state index in [9.17, 15) is 0 Å². The minimum Gasteiger partial charge on any atom is -0.497 e. The topological polar surface area (TPSA) is 61.4 Å². The van der Waals surface area contributed by atoms with Crippen LogP contribution in [0, 0.1) is 6.92 Å². The number of ether oxygens (including phenoxy) is 5. The number of nitrogens with zero attached hydrogens (tertiary/aromatic N) is 1. The predicted molar refractivity (Wildman–Crippen MR) is 142 cm³/mol. The normalized spacial score (nSPS) is 10.3. The molecular weight excluding hydrogens is 464 g/mol. The monoisotopic (exact) mass is 496 g/mol. The number of benzene rings is 3. The molecule has 186 valence electrons. The van der Waals surface area contributed by atoms with Gasteiger partial charge in [0.05, 0.1) is 41.2 Å². The van der Waals surface area contributed by atoms with E-state index in [1.54, 1.807) is 35.5 Å². The summed E-state index contributed by atoms with van der Waals surface area (Å²) in [5.74, 6) is 3.24. The van der Waals surface area contributed by atoms with Crippen molar-refractivity contribution in [3.8, 4) is 28.7 Å². The lowest BCUT2D eigenvalue weighted by Gasteiger charge is -2.27. The number of thiocarbonyl (C=S) groups is 1. The van der Waals surface area contributed by atoms with Crippen LogP contribution in [0.5, 0.6) is 28.7 Å². The zero-order valence-corrected chi connectivity index (χ0v) is 21.8. The molecule has 0 aliphatic heterocycles. The zero-order valence-electron chi connectivity index (χ0n) is 21.0. The second-order valence-electron chi connectivity index (χ2n) is 7.87. The maximum atomic E-state index is 5.87. The third-order valence-electron chi connectivity index (χ3n) is 5.51. The second kappa shape index (κ2) is 12.2. The van der Waals surface area contributed by atoms with Crippen molar-refractivity contribution in [2.75, 3.05) is 40.9 Å². The molecule has 3 aromatic carbocycles. The van der Waals surface area contributed by atoms with Gasteiger partial charge in [0.1, 0.15) is 11.5 Å². The first-order valence-corrected chi connectivity index (χ1v) is 11.5. The number of rotatable bonds is 10. The van der Waals surface area contributed by atoms with Crippen LogP contribution in [0.25, 0.3) is 0 Å². The van der Waals surface area contributed by atoms with Gasteiger partial charge in [-0.2, -0.15) is 0 Å². The summed E-state index contributed by atoms with van der Waals surface area (Å²) in [6, 6.07) is 17.7. The van der Waals surface area contributed by atoms with E-state index >= 15 is 0 Å². The summed E-state index contributed by atoms with van der Waals surface area (Å²) in [5.41, 5.74) is 3.94. The number of hydrogen-bond acceptors (Lipinski definition) is 6. The van der Waals surface area contributed by atoms with Gasteiger partial charge in [0.25, 0.3) is 0 Å². The van der Waals surface area contributed by atoms with Gasteiger partial charge in [0.2, 0.25) is 5.75 Å². The van der Waals surface area contributed by atoms with Crippen LogP contribution < -0.4 is 29.0 Å². The fraction of sp³-hybridized carbons (Fsp3) is 0.296. The Kier molecular flexibility index (Phi) is 9.03. The molecule has 0 aliphatic rings. The van der Waals surface area contributed by atoms with E-state index in [0.717, 1.165) is 33.9 Å². The Labute approximate surface area is 212 Å². The molecule has 0 fully saturated rings. The van der Waals surface area contributed by atoms with Crippen LogP contribution in [-0.2, 0) is 13.1 Å². The van der Waals surface area contributed by atoms with Gasteiger partial charge in [-0.05, 0) is 72.2 Å². The van der Waals surface area contributed by atoms with E-state index in [1.807, 2.05) is 61.5 Å². The minimum absolute atomic E-state index is 0.503. The van der Waals surface area contributed by atoms with E-state index in [-0.39, 0.29) is 0 Å². The highest BCUT2D eigenvalue weighted by molar-refractivity contribution is 7.80. The number of aryl methyl sites for hydroxylation is 1. The Balaban J connectivity index is 1.95. The SMILES string of the molecule is COc1ccc(CN(Cc2cc(OC)c(OC)c(OC)c2)C(=S)Nc2cc(C)ccc2OC)cc1. The van der Waals surface area contributed by atoms with Crippen LogP contribution in [-0.4, -0.2) is 45.6 Å². The first kappa shape index (κ1) is 26.0. The van der Waals surface area contributed by atoms with E-state index in [0.29, 0.717) is 35.5 Å². The lowest BCUT2D eigenvalue weighted by molar-refractivity contribution is 0.322. The Morgan fingerprint density at radius 3 is 1.86 bits per heavy atom. The fourth-order valence-corrected chi connectivity index (χ4v) is 3.95. The Morgan fingerprint density at radius 2 is 1.31 bits per heavy atom. The van der Waals surface area contributed by atoms with Crippen LogP contribution in [0.4, 0.5) is 5.69 Å². The maximum Gasteiger partial charge on any atom is 0.203 e. The van der Waals surface area contributed by atoms with Gasteiger partial charge in [0, 0.05) is 13.1 Å². The highest BCUT2D eigenvalue weighted by atomic mass is 32.1. The van der Waals surface area contributed by atoms with Gasteiger partial charge in [0.15, 0.2) is 16.6 Å². The molecule has 8 heteroatoms. The van der Waals surface area contributed by atoms with Crippen LogP contribution >= 0.6 is 12.2 Å². The van der Waals surface area contributed by atoms with Crippen molar-refractivity contribution in [1.29, 1.82) is 0 Å². The Morgan fingerprint density at radius 1 is 0.714 bits per heavy atom. The number of methoxy groups -OCH3 is 5. The van der Waals surface area contributed by atoms with Crippen molar-refractivity contribution in [2.24, 2.45) is 0 Å². The van der Waals surface area contributed by atoms with E-state index in [1.165, 1.54) is 0 Å². The summed E-state index contributed by atoms with van der Waals surface area (Å²) in [4.78, 5) is 2.07. The molecule has 35 heavy (non-hydrogen) atoms. The van der Waals surface area contributed by atoms with Gasteiger partial charge in [-0.1, -0.05) is 18.2 Å². The summed E-state index contributed by atoms with van der Waals surface area (Å²) in [6.07, 6.45) is 0. The van der Waals surface area contributed by atoms with Crippen LogP contribution in [0.15, 0.2) is 54.6 Å². The summed E-state index contributed by atoms with van der Waals surface area (Å²) in [6.45, 7) is 3.10. The minimum atomic E-state index is 0.503. The molecule has 0 spiro atoms. The summed E-state index contributed by atoms with van der Waals surface area (Å²) < 4.78 is 27.4. The molecule has 3 rings (SSSR count). The molecule has 0 atom stereocenters. The first-order chi connectivity index (χ1) is 16.9. The molecule has 0 aliphatic carbocycles. The summed E-state index contributed by atoms with van der Waals surface area (Å²) in [7, 11) is 8.09. The van der Waals surface area contributed by atoms with E-state index < -0.39 is 0 Å². The quantitative estimate of drug-likeness (QED) is 0.373. The molecular formula is C27H32N2O5S. The van der Waals surface area contributed by atoms with Crippen molar-refractivity contribution in [3.05, 3.63) is 71.3 Å². The largest absolute Gasteiger partial charge is 0.497 e. The maximum absolute atomic E-state index is 5.87. The van der Waals surface area contributed by atoms with Gasteiger partial charge in [-0.15, -0.1) is 0 Å². The van der Waals surface area contributed by atoms with Crippen molar-refractivity contribution in [3.63, 3.8) is 0 Å². The third-order valence-corrected chi connectivity index (χ3v) is 5.87. The average Bonchev–Trinajstić information content (AvgIpc) is 2.88. The van der Waals surface area contributed by atoms with E-state index in [2.05, 4.69) is 10.2 Å². The first-order valence-electron chi connectivity index (χ1n) is 11.0. The van der Waals surface area contributed by atoms with Crippen LogP contribution in [0.3, 0.4) is 0 Å². The Hall–Kier alpha value is -3.65. The van der Waals surface area contributed by atoms with E-state index in [4.69, 9.17) is 35.9 Å². The van der Waals surface area contributed by atoms with Crippen molar-refractivity contribution in [1.82, 2.24) is 4.90 Å². The average molecular weight is 497 g/mol. The summed E-state index contributed by atoms with van der Waals surface area (Å²) >= 11 is 5.87. The predicted octanol–water partition coefficient (Wildman–Crippen LogP) is 5.44. The molecule has 0 bridgehead atoms. The lowest BCUT2D eigenvalue weighted by atomic mass is 10.1. The third kappa shape index (κ3) is 6.48. The highest BCUT2D eigenvalue weighted by Gasteiger charge is 2.18. The second-order valence-corrected chi connectivity index (χ2v) is 8.26. The number of anilines is 1. The molecule has 0 unspecified atom stereocenters. The standard InChI is InChI=1S/C27H32N2O5S/c1-18-7-12-23(31-3)22(13-18)28-27(35)29(16-19-8-10-21(30-2)11-9-19)17-20-14-24(32-4)26(34-6)25(15-20)33-5/h7-15H,16-17H2,1-6H3,(H,28,35). The zero-order chi connectivity index (χ0) is 25.4. The summed E-state index contributed by atoms with van der Waals surface area (Å²) in [5, 5.41) is 3.92. The molecule has 0 radical (unpaired) electrons. The fourth-order valence-electron chi connectivity index (χ4n) is 3.71. The molecule has 0 saturated heterocycles. The molecule has 7 nitrogen and oxygen atoms in total. The van der Waals surface area contributed by atoms with Gasteiger partial charge in [-0.25, -0.2) is 0 Å². The molecule has 0 amide bonds. The van der Waals surface area contributed by atoms with Crippen LogP contribution in [0.1, 0.15) is 16.7 Å². The highest BCUT2D eigenvalue weighted by Crippen LogP contribution is 2.38. The number of hydrogen-bond donors (Lipinski definition) is 1.